The van der Waals surface area contributed by atoms with E-state index in [1.165, 1.54) is 4.90 Å². The molecular weight excluding hydrogens is 256 g/mol. The van der Waals surface area contributed by atoms with E-state index in [9.17, 15) is 13.8 Å². The van der Waals surface area contributed by atoms with Crippen molar-refractivity contribution in [1.82, 2.24) is 10.2 Å². The molecule has 6 nitrogen and oxygen atoms in total. The Morgan fingerprint density at radius 3 is 2.33 bits per heavy atom. The summed E-state index contributed by atoms with van der Waals surface area (Å²) in [4.78, 5) is 23.9. The molecule has 3 atom stereocenters. The Kier molecular flexibility index (Phi) is 7.58. The quantitative estimate of drug-likeness (QED) is 0.716. The number of carboxylic acid groups (broad SMARTS) is 1. The van der Waals surface area contributed by atoms with E-state index in [0.717, 1.165) is 0 Å². The molecule has 0 aromatic heterocycles. The maximum Gasteiger partial charge on any atom is 0.323 e. The van der Waals surface area contributed by atoms with Gasteiger partial charge in [0.1, 0.15) is 6.54 Å². The van der Waals surface area contributed by atoms with Gasteiger partial charge in [0.15, 0.2) is 0 Å². The van der Waals surface area contributed by atoms with Gasteiger partial charge in [-0.05, 0) is 20.3 Å². The van der Waals surface area contributed by atoms with Gasteiger partial charge in [-0.3, -0.25) is 9.00 Å². The molecule has 0 aliphatic heterocycles. The predicted octanol–water partition coefficient (Wildman–Crippen LogP) is 0.648. The molecule has 3 unspecified atom stereocenters. The van der Waals surface area contributed by atoms with Crippen LogP contribution in [0.15, 0.2) is 0 Å². The molecule has 18 heavy (non-hydrogen) atoms. The van der Waals surface area contributed by atoms with Gasteiger partial charge in [-0.2, -0.15) is 0 Å². The Labute approximate surface area is 110 Å². The van der Waals surface area contributed by atoms with Gasteiger partial charge < -0.3 is 15.3 Å². The molecule has 0 saturated heterocycles. The summed E-state index contributed by atoms with van der Waals surface area (Å²) in [5.41, 5.74) is 0. The van der Waals surface area contributed by atoms with Crippen molar-refractivity contribution in [3.63, 3.8) is 0 Å². The van der Waals surface area contributed by atoms with E-state index in [2.05, 4.69) is 5.32 Å². The molecule has 0 heterocycles. The van der Waals surface area contributed by atoms with Crippen LogP contribution in [0, 0.1) is 0 Å². The second-order valence-corrected chi connectivity index (χ2v) is 5.85. The van der Waals surface area contributed by atoms with Crippen molar-refractivity contribution in [3.8, 4) is 0 Å². The van der Waals surface area contributed by atoms with Crippen LogP contribution in [0.4, 0.5) is 4.79 Å². The Morgan fingerprint density at radius 2 is 1.94 bits per heavy atom. The number of aliphatic carboxylic acids is 1. The van der Waals surface area contributed by atoms with Gasteiger partial charge in [0.05, 0.1) is 0 Å². The van der Waals surface area contributed by atoms with E-state index < -0.39 is 22.8 Å². The van der Waals surface area contributed by atoms with Crippen molar-refractivity contribution in [2.75, 3.05) is 18.6 Å². The summed E-state index contributed by atoms with van der Waals surface area (Å²) in [6, 6.07) is -0.825. The zero-order chi connectivity index (χ0) is 14.3. The van der Waals surface area contributed by atoms with Crippen LogP contribution in [0.1, 0.15) is 27.2 Å². The standard InChI is InChI=1S/C11H22N2O4S/c1-5-9(3)13(6-10(14)15)11(16)12-8(2)7-18(4)17/h8-9H,5-7H2,1-4H3,(H,12,16)(H,14,15). The van der Waals surface area contributed by atoms with Crippen LogP contribution in [0.5, 0.6) is 0 Å². The van der Waals surface area contributed by atoms with Crippen LogP contribution in [-0.4, -0.2) is 56.9 Å². The fourth-order valence-corrected chi connectivity index (χ4v) is 2.27. The highest BCUT2D eigenvalue weighted by atomic mass is 32.2. The number of carboxylic acids is 1. The largest absolute Gasteiger partial charge is 0.480 e. The van der Waals surface area contributed by atoms with Crippen molar-refractivity contribution < 1.29 is 18.9 Å². The average Bonchev–Trinajstić information content (AvgIpc) is 2.23. The number of urea groups is 1. The molecule has 0 rings (SSSR count). The van der Waals surface area contributed by atoms with Crippen LogP contribution >= 0.6 is 0 Å². The topological polar surface area (TPSA) is 86.7 Å². The van der Waals surface area contributed by atoms with E-state index in [0.29, 0.717) is 12.2 Å². The third-order valence-corrected chi connectivity index (χ3v) is 3.51. The second kappa shape index (κ2) is 8.07. The summed E-state index contributed by atoms with van der Waals surface area (Å²) >= 11 is 0. The summed E-state index contributed by atoms with van der Waals surface area (Å²) in [7, 11) is -0.998. The highest BCUT2D eigenvalue weighted by molar-refractivity contribution is 7.84. The first-order valence-corrected chi connectivity index (χ1v) is 7.59. The van der Waals surface area contributed by atoms with Crippen LogP contribution in [0.2, 0.25) is 0 Å². The van der Waals surface area contributed by atoms with Gasteiger partial charge in [0, 0.05) is 34.9 Å². The van der Waals surface area contributed by atoms with Crippen LogP contribution in [0.25, 0.3) is 0 Å². The van der Waals surface area contributed by atoms with Gasteiger partial charge in [0.2, 0.25) is 0 Å². The first-order chi connectivity index (χ1) is 8.27. The van der Waals surface area contributed by atoms with Crippen LogP contribution < -0.4 is 5.32 Å². The zero-order valence-corrected chi connectivity index (χ0v) is 12.1. The van der Waals surface area contributed by atoms with Crippen LogP contribution in [0.3, 0.4) is 0 Å². The first kappa shape index (κ1) is 16.9. The van der Waals surface area contributed by atoms with Crippen molar-refractivity contribution >= 4 is 22.8 Å². The highest BCUT2D eigenvalue weighted by Crippen LogP contribution is 2.04. The predicted molar refractivity (Wildman–Crippen MR) is 71.0 cm³/mol. The number of rotatable bonds is 7. The normalized spacial score (nSPS) is 15.6. The number of amides is 2. The van der Waals surface area contributed by atoms with Crippen molar-refractivity contribution in [1.29, 1.82) is 0 Å². The maximum atomic E-state index is 11.9. The minimum absolute atomic E-state index is 0.152. The number of hydrogen-bond donors (Lipinski definition) is 2. The lowest BCUT2D eigenvalue weighted by molar-refractivity contribution is -0.138. The molecule has 0 bridgehead atoms. The lowest BCUT2D eigenvalue weighted by Gasteiger charge is -2.28. The fourth-order valence-electron chi connectivity index (χ4n) is 1.48. The molecule has 0 saturated carbocycles. The molecule has 106 valence electrons. The highest BCUT2D eigenvalue weighted by Gasteiger charge is 2.22. The molecule has 7 heteroatoms. The molecule has 0 aliphatic carbocycles. The van der Waals surface area contributed by atoms with Gasteiger partial charge in [-0.15, -0.1) is 0 Å². The molecule has 2 amide bonds. The zero-order valence-electron chi connectivity index (χ0n) is 11.3. The maximum absolute atomic E-state index is 11.9. The van der Waals surface area contributed by atoms with E-state index in [1.54, 1.807) is 20.1 Å². The number of carbonyl (C=O) groups excluding carboxylic acids is 1. The summed E-state index contributed by atoms with van der Waals surface area (Å²) in [5.74, 6) is -0.690. The molecule has 0 radical (unpaired) electrons. The van der Waals surface area contributed by atoms with Gasteiger partial charge >= 0.3 is 12.0 Å². The minimum Gasteiger partial charge on any atom is -0.480 e. The SMILES string of the molecule is CCC(C)N(CC(=O)O)C(=O)NC(C)CS(C)=O. The van der Waals surface area contributed by atoms with E-state index in [4.69, 9.17) is 5.11 Å². The molecule has 0 fully saturated rings. The first-order valence-electron chi connectivity index (χ1n) is 5.86. The Hall–Kier alpha value is -1.11. The molecule has 0 spiro atoms. The third kappa shape index (κ3) is 6.58. The monoisotopic (exact) mass is 278 g/mol. The summed E-state index contributed by atoms with van der Waals surface area (Å²) in [6.07, 6.45) is 2.24. The van der Waals surface area contributed by atoms with Gasteiger partial charge in [-0.25, -0.2) is 4.79 Å². The van der Waals surface area contributed by atoms with E-state index in [1.807, 2.05) is 6.92 Å². The summed E-state index contributed by atoms with van der Waals surface area (Å²) < 4.78 is 11.0. The Bertz CT molecular complexity index is 322. The fraction of sp³-hybridized carbons (Fsp3) is 0.818. The molecule has 2 N–H and O–H groups in total. The lowest BCUT2D eigenvalue weighted by Crippen LogP contribution is -2.50. The Morgan fingerprint density at radius 1 is 1.39 bits per heavy atom. The third-order valence-electron chi connectivity index (χ3n) is 2.54. The lowest BCUT2D eigenvalue weighted by atomic mass is 10.2. The number of carbonyl (C=O) groups is 2. The molecular formula is C11H22N2O4S. The number of hydrogen-bond acceptors (Lipinski definition) is 3. The second-order valence-electron chi connectivity index (χ2n) is 4.37. The molecule has 0 aliphatic rings. The van der Waals surface area contributed by atoms with E-state index in [-0.39, 0.29) is 18.6 Å². The summed E-state index contributed by atoms with van der Waals surface area (Å²) in [6.45, 7) is 5.10. The van der Waals surface area contributed by atoms with Crippen molar-refractivity contribution in [2.24, 2.45) is 0 Å². The number of nitrogens with one attached hydrogen (secondary N) is 1. The molecule has 0 aromatic rings. The Balaban J connectivity index is 4.55. The van der Waals surface area contributed by atoms with Gasteiger partial charge in [-0.1, -0.05) is 6.92 Å². The van der Waals surface area contributed by atoms with E-state index >= 15 is 0 Å². The summed E-state index contributed by atoms with van der Waals surface area (Å²) in [5, 5.41) is 11.4. The number of nitrogens with zero attached hydrogens (tertiary/aromatic N) is 1. The van der Waals surface area contributed by atoms with Crippen molar-refractivity contribution in [3.05, 3.63) is 0 Å². The average molecular weight is 278 g/mol. The minimum atomic E-state index is -1.04. The van der Waals surface area contributed by atoms with Crippen LogP contribution in [-0.2, 0) is 15.6 Å². The smallest absolute Gasteiger partial charge is 0.323 e. The van der Waals surface area contributed by atoms with Crippen molar-refractivity contribution in [2.45, 2.75) is 39.3 Å². The molecule has 0 aromatic carbocycles. The van der Waals surface area contributed by atoms with Gasteiger partial charge in [0.25, 0.3) is 0 Å².